The Morgan fingerprint density at radius 3 is 2.77 bits per heavy atom. The third-order valence-corrected chi connectivity index (χ3v) is 1.39. The lowest BCUT2D eigenvalue weighted by atomic mass is 10.3. The Morgan fingerprint density at radius 2 is 2.31 bits per heavy atom. The fourth-order valence-corrected chi connectivity index (χ4v) is 0.813. The first kappa shape index (κ1) is 9.17. The van der Waals surface area contributed by atoms with E-state index in [9.17, 15) is 14.9 Å². The highest BCUT2D eigenvalue weighted by molar-refractivity contribution is 5.91. The molecule has 70 valence electrons. The summed E-state index contributed by atoms with van der Waals surface area (Å²) in [6, 6.07) is 0. The van der Waals surface area contributed by atoms with Gasteiger partial charge in [-0.1, -0.05) is 5.16 Å². The summed E-state index contributed by atoms with van der Waals surface area (Å²) < 4.78 is 8.76. The fraction of sp³-hybridized carbons (Fsp3) is 0.333. The van der Waals surface area contributed by atoms with Gasteiger partial charge in [0.05, 0.1) is 12.0 Å². The summed E-state index contributed by atoms with van der Waals surface area (Å²) in [6.07, 6.45) is 0. The van der Waals surface area contributed by atoms with Crippen LogP contribution in [0.5, 0.6) is 0 Å². The largest absolute Gasteiger partial charge is 0.464 e. The molecule has 7 nitrogen and oxygen atoms in total. The Balaban J connectivity index is 3.22. The van der Waals surface area contributed by atoms with Gasteiger partial charge >= 0.3 is 11.7 Å². The van der Waals surface area contributed by atoms with Crippen molar-refractivity contribution in [2.45, 2.75) is 6.92 Å². The third kappa shape index (κ3) is 1.48. The van der Waals surface area contributed by atoms with Crippen LogP contribution in [0.2, 0.25) is 0 Å². The molecular weight excluding hydrogens is 180 g/mol. The summed E-state index contributed by atoms with van der Waals surface area (Å²) >= 11 is 0. The average Bonchev–Trinajstić information content (AvgIpc) is 2.45. The highest BCUT2D eigenvalue weighted by atomic mass is 16.6. The topological polar surface area (TPSA) is 95.5 Å². The van der Waals surface area contributed by atoms with Gasteiger partial charge < -0.3 is 9.26 Å². The van der Waals surface area contributed by atoms with E-state index in [1.54, 1.807) is 0 Å². The SMILES string of the molecule is COC(=O)c1noc(C)c1[N+](=O)[O-]. The van der Waals surface area contributed by atoms with Crippen LogP contribution in [0.3, 0.4) is 0 Å². The zero-order valence-electron chi connectivity index (χ0n) is 6.94. The number of nitrogens with zero attached hydrogens (tertiary/aromatic N) is 2. The number of hydrogen-bond donors (Lipinski definition) is 0. The molecule has 0 atom stereocenters. The van der Waals surface area contributed by atoms with Crippen LogP contribution < -0.4 is 0 Å². The molecule has 1 aromatic heterocycles. The van der Waals surface area contributed by atoms with Crippen molar-refractivity contribution in [1.29, 1.82) is 0 Å². The standard InChI is InChI=1S/C6H6N2O5/c1-3-5(8(10)11)4(7-13-3)6(9)12-2/h1-2H3. The molecule has 13 heavy (non-hydrogen) atoms. The van der Waals surface area contributed by atoms with E-state index in [4.69, 9.17) is 0 Å². The quantitative estimate of drug-likeness (QED) is 0.382. The van der Waals surface area contributed by atoms with Crippen LogP contribution in [0.15, 0.2) is 4.52 Å². The first-order chi connectivity index (χ1) is 6.07. The summed E-state index contributed by atoms with van der Waals surface area (Å²) in [5.41, 5.74) is -0.864. The molecule has 0 saturated heterocycles. The molecule has 1 aromatic rings. The number of hydrogen-bond acceptors (Lipinski definition) is 6. The zero-order chi connectivity index (χ0) is 10.0. The van der Waals surface area contributed by atoms with Gasteiger partial charge in [0.2, 0.25) is 5.76 Å². The van der Waals surface area contributed by atoms with Gasteiger partial charge in [-0.25, -0.2) is 4.79 Å². The molecule has 0 fully saturated rings. The minimum atomic E-state index is -0.886. The van der Waals surface area contributed by atoms with Gasteiger partial charge in [-0.3, -0.25) is 10.1 Å². The van der Waals surface area contributed by atoms with E-state index in [2.05, 4.69) is 14.4 Å². The lowest BCUT2D eigenvalue weighted by Gasteiger charge is -1.91. The number of rotatable bonds is 2. The number of carbonyl (C=O) groups excluding carboxylic acids is 1. The number of aryl methyl sites for hydroxylation is 1. The zero-order valence-corrected chi connectivity index (χ0v) is 6.94. The van der Waals surface area contributed by atoms with Gasteiger partial charge in [-0.2, -0.15) is 0 Å². The Kier molecular flexibility index (Phi) is 2.27. The van der Waals surface area contributed by atoms with E-state index in [-0.39, 0.29) is 5.76 Å². The molecule has 1 heterocycles. The van der Waals surface area contributed by atoms with Crippen molar-refractivity contribution in [3.63, 3.8) is 0 Å². The molecular formula is C6H6N2O5. The van der Waals surface area contributed by atoms with E-state index < -0.39 is 22.3 Å². The van der Waals surface area contributed by atoms with Crippen LogP contribution in [0.25, 0.3) is 0 Å². The number of nitro groups is 1. The summed E-state index contributed by atoms with van der Waals surface area (Å²) in [5, 5.41) is 13.6. The highest BCUT2D eigenvalue weighted by Gasteiger charge is 2.29. The number of carbonyl (C=O) groups is 1. The molecule has 0 radical (unpaired) electrons. The number of methoxy groups -OCH3 is 1. The van der Waals surface area contributed by atoms with Crippen molar-refractivity contribution in [1.82, 2.24) is 5.16 Å². The van der Waals surface area contributed by atoms with Crippen molar-refractivity contribution < 1.29 is 19.0 Å². The second kappa shape index (κ2) is 3.21. The summed E-state index contributed by atoms with van der Waals surface area (Å²) in [4.78, 5) is 20.6. The van der Waals surface area contributed by atoms with Crippen molar-refractivity contribution in [3.05, 3.63) is 21.6 Å². The second-order valence-electron chi connectivity index (χ2n) is 2.18. The first-order valence-corrected chi connectivity index (χ1v) is 3.27. The van der Waals surface area contributed by atoms with Crippen LogP contribution in [-0.4, -0.2) is 23.2 Å². The Morgan fingerprint density at radius 1 is 1.69 bits per heavy atom. The first-order valence-electron chi connectivity index (χ1n) is 3.27. The van der Waals surface area contributed by atoms with E-state index >= 15 is 0 Å². The molecule has 0 aliphatic heterocycles. The highest BCUT2D eigenvalue weighted by Crippen LogP contribution is 2.22. The minimum Gasteiger partial charge on any atom is -0.464 e. The Hall–Kier alpha value is -1.92. The molecule has 0 aliphatic rings. The van der Waals surface area contributed by atoms with Gasteiger partial charge in [0.15, 0.2) is 0 Å². The molecule has 0 aliphatic carbocycles. The summed E-state index contributed by atoms with van der Waals surface area (Å²) in [7, 11) is 1.11. The van der Waals surface area contributed by atoms with Crippen LogP contribution >= 0.6 is 0 Å². The average molecular weight is 186 g/mol. The molecule has 0 saturated carbocycles. The van der Waals surface area contributed by atoms with Crippen LogP contribution in [0.4, 0.5) is 5.69 Å². The Labute approximate surface area is 72.4 Å². The van der Waals surface area contributed by atoms with Crippen LogP contribution in [-0.2, 0) is 4.74 Å². The van der Waals surface area contributed by atoms with Crippen molar-refractivity contribution >= 4 is 11.7 Å². The number of ether oxygens (including phenoxy) is 1. The maximum Gasteiger partial charge on any atom is 0.367 e. The van der Waals surface area contributed by atoms with Crippen LogP contribution in [0.1, 0.15) is 16.2 Å². The molecule has 0 unspecified atom stereocenters. The van der Waals surface area contributed by atoms with Gasteiger partial charge in [-0.05, 0) is 0 Å². The Bertz CT molecular complexity index is 356. The van der Waals surface area contributed by atoms with Crippen molar-refractivity contribution in [2.24, 2.45) is 0 Å². The predicted molar refractivity (Wildman–Crippen MR) is 39.2 cm³/mol. The van der Waals surface area contributed by atoms with Gasteiger partial charge in [0.1, 0.15) is 0 Å². The van der Waals surface area contributed by atoms with Gasteiger partial charge in [0.25, 0.3) is 5.69 Å². The third-order valence-electron chi connectivity index (χ3n) is 1.39. The monoisotopic (exact) mass is 186 g/mol. The van der Waals surface area contributed by atoms with Gasteiger partial charge in [-0.15, -0.1) is 0 Å². The maximum absolute atomic E-state index is 10.9. The maximum atomic E-state index is 10.9. The second-order valence-corrected chi connectivity index (χ2v) is 2.18. The number of esters is 1. The molecule has 0 spiro atoms. The van der Waals surface area contributed by atoms with Gasteiger partial charge in [0, 0.05) is 6.92 Å². The van der Waals surface area contributed by atoms with E-state index in [0.29, 0.717) is 0 Å². The molecule has 0 bridgehead atoms. The summed E-state index contributed by atoms with van der Waals surface area (Å²) in [5.74, 6) is -0.908. The lowest BCUT2D eigenvalue weighted by Crippen LogP contribution is -2.05. The van der Waals surface area contributed by atoms with Crippen LogP contribution in [0, 0.1) is 17.0 Å². The van der Waals surface area contributed by atoms with E-state index in [1.807, 2.05) is 0 Å². The molecule has 0 N–H and O–H groups in total. The smallest absolute Gasteiger partial charge is 0.367 e. The molecule has 1 rings (SSSR count). The molecule has 0 aromatic carbocycles. The summed E-state index contributed by atoms with van der Waals surface area (Å²) in [6.45, 7) is 1.34. The lowest BCUT2D eigenvalue weighted by molar-refractivity contribution is -0.386. The molecule has 7 heteroatoms. The fourth-order valence-electron chi connectivity index (χ4n) is 0.813. The number of aromatic nitrogens is 1. The van der Waals surface area contributed by atoms with E-state index in [0.717, 1.165) is 7.11 Å². The predicted octanol–water partition coefficient (Wildman–Crippen LogP) is 0.678. The molecule has 0 amide bonds. The minimum absolute atomic E-state index is 0.0228. The van der Waals surface area contributed by atoms with Crippen molar-refractivity contribution in [2.75, 3.05) is 7.11 Å². The van der Waals surface area contributed by atoms with E-state index in [1.165, 1.54) is 6.92 Å². The van der Waals surface area contributed by atoms with Crippen molar-refractivity contribution in [3.8, 4) is 0 Å². The normalized spacial score (nSPS) is 9.69.